The van der Waals surface area contributed by atoms with Gasteiger partial charge >= 0.3 is 0 Å². The Balaban J connectivity index is 3.44. The van der Waals surface area contributed by atoms with Crippen LogP contribution in [0.15, 0.2) is 0 Å². The highest BCUT2D eigenvalue weighted by Gasteiger charge is 2.09. The monoisotopic (exact) mass is 158 g/mol. The summed E-state index contributed by atoms with van der Waals surface area (Å²) in [5.74, 6) is 5.31. The molecule has 0 saturated heterocycles. The van der Waals surface area contributed by atoms with E-state index in [9.17, 15) is 4.79 Å². The van der Waals surface area contributed by atoms with Crippen molar-refractivity contribution in [3.05, 3.63) is 0 Å². The number of nitrogens with one attached hydrogen (secondary N) is 1. The molecule has 0 rings (SSSR count). The molecule has 3 nitrogen and oxygen atoms in total. The first-order valence-corrected chi connectivity index (χ1v) is 4.19. The lowest BCUT2D eigenvalue weighted by molar-refractivity contribution is -0.119. The van der Waals surface area contributed by atoms with Gasteiger partial charge in [0.05, 0.1) is 6.04 Å². The van der Waals surface area contributed by atoms with Gasteiger partial charge in [-0.3, -0.25) is 10.6 Å². The van der Waals surface area contributed by atoms with Crippen LogP contribution in [-0.4, -0.2) is 11.8 Å². The molecule has 0 aliphatic rings. The largest absolute Gasteiger partial charge is 0.298 e. The minimum atomic E-state index is -0.137. The summed E-state index contributed by atoms with van der Waals surface area (Å²) in [7, 11) is 0. The van der Waals surface area contributed by atoms with Crippen molar-refractivity contribution in [1.82, 2.24) is 5.43 Å². The Morgan fingerprint density at radius 2 is 2.18 bits per heavy atom. The van der Waals surface area contributed by atoms with Crippen LogP contribution in [-0.2, 0) is 4.79 Å². The van der Waals surface area contributed by atoms with Gasteiger partial charge in [0, 0.05) is 0 Å². The Kier molecular flexibility index (Phi) is 6.07. The van der Waals surface area contributed by atoms with E-state index in [4.69, 9.17) is 5.84 Å². The summed E-state index contributed by atoms with van der Waals surface area (Å²) in [6, 6.07) is -0.137. The minimum absolute atomic E-state index is 0.128. The number of hydrazine groups is 1. The SMILES string of the molecule is CCCCC[C@H](NN)C(C)=O. The molecule has 0 radical (unpaired) electrons. The number of ketones is 1. The van der Waals surface area contributed by atoms with Crippen molar-refractivity contribution < 1.29 is 4.79 Å². The van der Waals surface area contributed by atoms with Crippen molar-refractivity contribution in [3.8, 4) is 0 Å². The van der Waals surface area contributed by atoms with Crippen molar-refractivity contribution in [2.45, 2.75) is 45.6 Å². The van der Waals surface area contributed by atoms with E-state index in [1.807, 2.05) is 0 Å². The molecular weight excluding hydrogens is 140 g/mol. The van der Waals surface area contributed by atoms with Crippen LogP contribution in [0.1, 0.15) is 39.5 Å². The van der Waals surface area contributed by atoms with E-state index < -0.39 is 0 Å². The zero-order valence-electron chi connectivity index (χ0n) is 7.39. The third-order valence-corrected chi connectivity index (χ3v) is 1.79. The van der Waals surface area contributed by atoms with Gasteiger partial charge in [-0.1, -0.05) is 26.2 Å². The number of nitrogens with two attached hydrogens (primary N) is 1. The number of hydrogen-bond acceptors (Lipinski definition) is 3. The molecule has 3 heteroatoms. The van der Waals surface area contributed by atoms with Gasteiger partial charge in [-0.05, 0) is 13.3 Å². The summed E-state index contributed by atoms with van der Waals surface area (Å²) in [6.07, 6.45) is 4.28. The van der Waals surface area contributed by atoms with Crippen LogP contribution in [0.2, 0.25) is 0 Å². The molecule has 1 atom stereocenters. The highest BCUT2D eigenvalue weighted by Crippen LogP contribution is 2.02. The van der Waals surface area contributed by atoms with Crippen LogP contribution in [0.4, 0.5) is 0 Å². The Hall–Kier alpha value is -0.410. The third-order valence-electron chi connectivity index (χ3n) is 1.79. The molecular formula is C8H18N2O. The molecule has 3 N–H and O–H groups in total. The van der Waals surface area contributed by atoms with Crippen molar-refractivity contribution in [2.75, 3.05) is 0 Å². The molecule has 0 amide bonds. The van der Waals surface area contributed by atoms with E-state index in [1.165, 1.54) is 12.8 Å². The van der Waals surface area contributed by atoms with Gasteiger partial charge in [0.2, 0.25) is 0 Å². The van der Waals surface area contributed by atoms with Gasteiger partial charge in [0.15, 0.2) is 0 Å². The summed E-state index contributed by atoms with van der Waals surface area (Å²) in [5.41, 5.74) is 2.51. The summed E-state index contributed by atoms with van der Waals surface area (Å²) < 4.78 is 0. The predicted octanol–water partition coefficient (Wildman–Crippen LogP) is 0.988. The van der Waals surface area contributed by atoms with E-state index in [0.29, 0.717) is 0 Å². The second kappa shape index (κ2) is 6.31. The maximum atomic E-state index is 10.8. The van der Waals surface area contributed by atoms with Crippen LogP contribution >= 0.6 is 0 Å². The first-order chi connectivity index (χ1) is 5.22. The molecule has 0 aliphatic carbocycles. The molecule has 0 spiro atoms. The molecule has 0 saturated carbocycles. The number of carbonyl (C=O) groups excluding carboxylic acids is 1. The Bertz CT molecular complexity index is 115. The van der Waals surface area contributed by atoms with Crippen LogP contribution in [0, 0.1) is 0 Å². The summed E-state index contributed by atoms with van der Waals surface area (Å²) >= 11 is 0. The van der Waals surface area contributed by atoms with Gasteiger partial charge < -0.3 is 0 Å². The Morgan fingerprint density at radius 1 is 1.55 bits per heavy atom. The number of hydrogen-bond donors (Lipinski definition) is 2. The highest BCUT2D eigenvalue weighted by atomic mass is 16.1. The van der Waals surface area contributed by atoms with Crippen molar-refractivity contribution in [2.24, 2.45) is 5.84 Å². The van der Waals surface area contributed by atoms with Crippen LogP contribution in [0.5, 0.6) is 0 Å². The van der Waals surface area contributed by atoms with E-state index in [2.05, 4.69) is 12.3 Å². The fourth-order valence-electron chi connectivity index (χ4n) is 1.00. The van der Waals surface area contributed by atoms with Crippen LogP contribution < -0.4 is 11.3 Å². The molecule has 0 fully saturated rings. The lowest BCUT2D eigenvalue weighted by atomic mass is 10.1. The number of carbonyl (C=O) groups is 1. The average molecular weight is 158 g/mol. The van der Waals surface area contributed by atoms with E-state index in [0.717, 1.165) is 12.8 Å². The van der Waals surface area contributed by atoms with Gasteiger partial charge in [-0.2, -0.15) is 0 Å². The van der Waals surface area contributed by atoms with Gasteiger partial charge in [-0.15, -0.1) is 0 Å². The van der Waals surface area contributed by atoms with Crippen molar-refractivity contribution in [1.29, 1.82) is 0 Å². The smallest absolute Gasteiger partial charge is 0.148 e. The molecule has 0 heterocycles. The van der Waals surface area contributed by atoms with E-state index >= 15 is 0 Å². The highest BCUT2D eigenvalue weighted by molar-refractivity contribution is 5.81. The van der Waals surface area contributed by atoms with Gasteiger partial charge in [-0.25, -0.2) is 5.43 Å². The normalized spacial score (nSPS) is 13.0. The summed E-state index contributed by atoms with van der Waals surface area (Å²) in [6.45, 7) is 3.70. The quantitative estimate of drug-likeness (QED) is 0.344. The lowest BCUT2D eigenvalue weighted by Crippen LogP contribution is -2.40. The maximum absolute atomic E-state index is 10.8. The van der Waals surface area contributed by atoms with Gasteiger partial charge in [0.25, 0.3) is 0 Å². The molecule has 0 aromatic rings. The molecule has 66 valence electrons. The second-order valence-electron chi connectivity index (χ2n) is 2.83. The van der Waals surface area contributed by atoms with Crippen LogP contribution in [0.3, 0.4) is 0 Å². The summed E-state index contributed by atoms with van der Waals surface area (Å²) in [5, 5.41) is 0. The van der Waals surface area contributed by atoms with Crippen LogP contribution in [0.25, 0.3) is 0 Å². The maximum Gasteiger partial charge on any atom is 0.148 e. The second-order valence-corrected chi connectivity index (χ2v) is 2.83. The predicted molar refractivity (Wildman–Crippen MR) is 45.9 cm³/mol. The first kappa shape index (κ1) is 10.6. The Labute approximate surface area is 68.3 Å². The molecule has 0 aliphatic heterocycles. The molecule has 11 heavy (non-hydrogen) atoms. The molecule has 0 aromatic carbocycles. The topological polar surface area (TPSA) is 55.1 Å². The van der Waals surface area contributed by atoms with E-state index in [-0.39, 0.29) is 11.8 Å². The lowest BCUT2D eigenvalue weighted by Gasteiger charge is -2.10. The number of unbranched alkanes of at least 4 members (excludes halogenated alkanes) is 2. The minimum Gasteiger partial charge on any atom is -0.298 e. The summed E-state index contributed by atoms with van der Waals surface area (Å²) in [4.78, 5) is 10.8. The average Bonchev–Trinajstić information content (AvgIpc) is 1.97. The fourth-order valence-corrected chi connectivity index (χ4v) is 1.00. The molecule has 0 aromatic heterocycles. The van der Waals surface area contributed by atoms with E-state index in [1.54, 1.807) is 6.92 Å². The third kappa shape index (κ3) is 4.93. The number of Topliss-reactive ketones (excluding diaryl/α,β-unsaturated/α-hetero) is 1. The Morgan fingerprint density at radius 3 is 2.55 bits per heavy atom. The van der Waals surface area contributed by atoms with Gasteiger partial charge in [0.1, 0.15) is 5.78 Å². The fraction of sp³-hybridized carbons (Fsp3) is 0.875. The zero-order chi connectivity index (χ0) is 8.69. The molecule has 0 unspecified atom stereocenters. The molecule has 0 bridgehead atoms. The standard InChI is InChI=1S/C8H18N2O/c1-3-4-5-6-8(10-9)7(2)11/h8,10H,3-6,9H2,1-2H3/t8-/m0/s1. The number of rotatable bonds is 6. The first-order valence-electron chi connectivity index (χ1n) is 4.19. The zero-order valence-corrected chi connectivity index (χ0v) is 7.39. The van der Waals surface area contributed by atoms with Crippen molar-refractivity contribution in [3.63, 3.8) is 0 Å². The van der Waals surface area contributed by atoms with Crippen molar-refractivity contribution >= 4 is 5.78 Å².